The van der Waals surface area contributed by atoms with Gasteiger partial charge in [-0.3, -0.25) is 4.99 Å². The van der Waals surface area contributed by atoms with Crippen molar-refractivity contribution in [2.24, 2.45) is 4.99 Å². The van der Waals surface area contributed by atoms with Crippen LogP contribution in [0.1, 0.15) is 29.2 Å². The number of hydrogen-bond acceptors (Lipinski definition) is 1. The van der Waals surface area contributed by atoms with E-state index in [1.165, 1.54) is 43.8 Å². The quantitative estimate of drug-likeness (QED) is 0.403. The van der Waals surface area contributed by atoms with Crippen molar-refractivity contribution in [2.45, 2.75) is 20.4 Å². The molecular formula is C22H21N. The number of fused-ring (bicyclic) bond motifs is 3. The molecule has 3 aromatic rings. The highest BCUT2D eigenvalue weighted by Gasteiger charge is 2.14. The van der Waals surface area contributed by atoms with Gasteiger partial charge in [0.15, 0.2) is 0 Å². The summed E-state index contributed by atoms with van der Waals surface area (Å²) in [6.45, 7) is 12.6. The third-order valence-electron chi connectivity index (χ3n) is 4.25. The maximum atomic E-state index is 4.13. The minimum absolute atomic E-state index is 0.618. The van der Waals surface area contributed by atoms with E-state index in [1.54, 1.807) is 0 Å². The van der Waals surface area contributed by atoms with Gasteiger partial charge >= 0.3 is 0 Å². The zero-order chi connectivity index (χ0) is 16.4. The van der Waals surface area contributed by atoms with Gasteiger partial charge in [-0.05, 0) is 58.8 Å². The number of allylic oxidation sites excluding steroid dienone is 1. The van der Waals surface area contributed by atoms with Crippen LogP contribution in [0.3, 0.4) is 0 Å². The van der Waals surface area contributed by atoms with Gasteiger partial charge in [-0.1, -0.05) is 66.8 Å². The summed E-state index contributed by atoms with van der Waals surface area (Å²) < 4.78 is 0. The minimum atomic E-state index is 0.618. The van der Waals surface area contributed by atoms with Gasteiger partial charge in [0.25, 0.3) is 0 Å². The number of nitrogens with zero attached hydrogens (tertiary/aromatic N) is 1. The van der Waals surface area contributed by atoms with E-state index in [9.17, 15) is 0 Å². The summed E-state index contributed by atoms with van der Waals surface area (Å²) in [5.74, 6) is 0. The van der Waals surface area contributed by atoms with E-state index in [0.29, 0.717) is 6.54 Å². The molecule has 3 aromatic carbocycles. The molecule has 0 spiro atoms. The number of benzene rings is 3. The summed E-state index contributed by atoms with van der Waals surface area (Å²) in [5, 5.41) is 5.04. The molecule has 0 heterocycles. The molecule has 23 heavy (non-hydrogen) atoms. The molecule has 0 unspecified atom stereocenters. The van der Waals surface area contributed by atoms with Crippen LogP contribution in [0.25, 0.3) is 33.7 Å². The smallest absolute Gasteiger partial charge is 0.0638 e. The van der Waals surface area contributed by atoms with Crippen LogP contribution >= 0.6 is 0 Å². The molecule has 114 valence electrons. The van der Waals surface area contributed by atoms with Crippen molar-refractivity contribution in [3.63, 3.8) is 0 Å². The fourth-order valence-electron chi connectivity index (χ4n) is 3.43. The second kappa shape index (κ2) is 6.21. The number of rotatable bonds is 4. The second-order valence-corrected chi connectivity index (χ2v) is 5.81. The maximum absolute atomic E-state index is 4.13. The Kier molecular flexibility index (Phi) is 4.12. The summed E-state index contributed by atoms with van der Waals surface area (Å²) in [5.41, 5.74) is 4.85. The normalized spacial score (nSPS) is 11.4. The average molecular weight is 299 g/mol. The fourth-order valence-corrected chi connectivity index (χ4v) is 3.43. The first kappa shape index (κ1) is 15.2. The lowest BCUT2D eigenvalue weighted by Gasteiger charge is -2.16. The maximum Gasteiger partial charge on any atom is 0.0638 e. The third-order valence-corrected chi connectivity index (χ3v) is 4.25. The van der Waals surface area contributed by atoms with Crippen LogP contribution in [0.5, 0.6) is 0 Å². The summed E-state index contributed by atoms with van der Waals surface area (Å²) in [6.07, 6.45) is 6.22. The van der Waals surface area contributed by atoms with E-state index >= 15 is 0 Å². The molecule has 0 aliphatic heterocycles. The Morgan fingerprint density at radius 1 is 1.04 bits per heavy atom. The molecule has 0 saturated heterocycles. The number of aliphatic imine (C=N–C) groups is 1. The molecule has 0 aliphatic carbocycles. The van der Waals surface area contributed by atoms with Gasteiger partial charge in [-0.15, -0.1) is 0 Å². The molecule has 0 radical (unpaired) electrons. The third kappa shape index (κ3) is 2.49. The summed E-state index contributed by atoms with van der Waals surface area (Å²) in [4.78, 5) is 4.13. The Morgan fingerprint density at radius 3 is 2.43 bits per heavy atom. The highest BCUT2D eigenvalue weighted by atomic mass is 14.7. The Morgan fingerprint density at radius 2 is 1.78 bits per heavy atom. The van der Waals surface area contributed by atoms with Gasteiger partial charge in [0.05, 0.1) is 6.54 Å². The molecule has 1 heteroatoms. The van der Waals surface area contributed by atoms with Gasteiger partial charge in [0, 0.05) is 0 Å². The van der Waals surface area contributed by atoms with E-state index < -0.39 is 0 Å². The highest BCUT2D eigenvalue weighted by Crippen LogP contribution is 2.37. The van der Waals surface area contributed by atoms with Crippen LogP contribution in [0.4, 0.5) is 0 Å². The molecule has 0 bridgehead atoms. The van der Waals surface area contributed by atoms with Crippen molar-refractivity contribution in [3.05, 3.63) is 71.3 Å². The molecule has 0 fully saturated rings. The fraction of sp³-hybridized carbons (Fsp3) is 0.136. The van der Waals surface area contributed by atoms with Gasteiger partial charge in [-0.2, -0.15) is 0 Å². The molecule has 0 aliphatic rings. The van der Waals surface area contributed by atoms with E-state index in [2.05, 4.69) is 73.8 Å². The average Bonchev–Trinajstić information content (AvgIpc) is 2.56. The number of aryl methyl sites for hydroxylation is 1. The lowest BCUT2D eigenvalue weighted by molar-refractivity contribution is 1.09. The highest BCUT2D eigenvalue weighted by molar-refractivity contribution is 6.15. The van der Waals surface area contributed by atoms with Crippen LogP contribution in [0, 0.1) is 6.92 Å². The van der Waals surface area contributed by atoms with Crippen molar-refractivity contribution in [1.29, 1.82) is 0 Å². The zero-order valence-corrected chi connectivity index (χ0v) is 13.8. The van der Waals surface area contributed by atoms with Crippen LogP contribution < -0.4 is 0 Å². The summed E-state index contributed by atoms with van der Waals surface area (Å²) in [6, 6.07) is 13.0. The zero-order valence-electron chi connectivity index (χ0n) is 13.8. The van der Waals surface area contributed by atoms with Crippen molar-refractivity contribution in [3.8, 4) is 0 Å². The van der Waals surface area contributed by atoms with Gasteiger partial charge < -0.3 is 0 Å². The topological polar surface area (TPSA) is 12.4 Å². The lowest BCUT2D eigenvalue weighted by atomic mass is 9.88. The molecule has 0 saturated carbocycles. The SMILES string of the molecule is C=Cc1c(/C=C\C)c2ccccc2c2cc(C)cc(CN=C)c12. The van der Waals surface area contributed by atoms with Gasteiger partial charge in [0.1, 0.15) is 0 Å². The Balaban J connectivity index is 2.65. The Bertz CT molecular complexity index is 945. The summed E-state index contributed by atoms with van der Waals surface area (Å²) in [7, 11) is 0. The van der Waals surface area contributed by atoms with Crippen LogP contribution in [0.2, 0.25) is 0 Å². The molecule has 1 nitrogen and oxygen atoms in total. The molecule has 3 rings (SSSR count). The van der Waals surface area contributed by atoms with Gasteiger partial charge in [-0.25, -0.2) is 0 Å². The Hall–Kier alpha value is -2.67. The standard InChI is InChI=1S/C22H21N/c1-5-9-18-17(6-2)22-16(14-23-4)12-15(3)13-21(22)20-11-8-7-10-19(18)20/h5-13H,2,4,14H2,1,3H3/b9-5-. The molecule has 0 atom stereocenters. The summed E-state index contributed by atoms with van der Waals surface area (Å²) >= 11 is 0. The number of hydrogen-bond donors (Lipinski definition) is 0. The lowest BCUT2D eigenvalue weighted by Crippen LogP contribution is -1.95. The van der Waals surface area contributed by atoms with Crippen molar-refractivity contribution < 1.29 is 0 Å². The predicted octanol–water partition coefficient (Wildman–Crippen LogP) is 6.18. The van der Waals surface area contributed by atoms with Crippen molar-refractivity contribution in [2.75, 3.05) is 0 Å². The first-order valence-electron chi connectivity index (χ1n) is 7.86. The second-order valence-electron chi connectivity index (χ2n) is 5.81. The van der Waals surface area contributed by atoms with E-state index in [4.69, 9.17) is 0 Å². The van der Waals surface area contributed by atoms with Crippen molar-refractivity contribution in [1.82, 2.24) is 0 Å². The van der Waals surface area contributed by atoms with Gasteiger partial charge in [0.2, 0.25) is 0 Å². The van der Waals surface area contributed by atoms with Crippen LogP contribution in [-0.4, -0.2) is 6.72 Å². The Labute approximate surface area is 137 Å². The minimum Gasteiger partial charge on any atom is -0.296 e. The largest absolute Gasteiger partial charge is 0.296 e. The molecule has 0 amide bonds. The molecule has 0 aromatic heterocycles. The molecular weight excluding hydrogens is 278 g/mol. The monoisotopic (exact) mass is 299 g/mol. The predicted molar refractivity (Wildman–Crippen MR) is 104 cm³/mol. The van der Waals surface area contributed by atoms with Crippen molar-refractivity contribution >= 4 is 40.4 Å². The van der Waals surface area contributed by atoms with E-state index in [0.717, 1.165) is 0 Å². The first-order valence-corrected chi connectivity index (χ1v) is 7.86. The van der Waals surface area contributed by atoms with E-state index in [1.807, 2.05) is 13.0 Å². The van der Waals surface area contributed by atoms with E-state index in [-0.39, 0.29) is 0 Å². The molecule has 0 N–H and O–H groups in total. The first-order chi connectivity index (χ1) is 11.2. The van der Waals surface area contributed by atoms with Crippen LogP contribution in [-0.2, 0) is 6.54 Å². The van der Waals surface area contributed by atoms with Crippen LogP contribution in [0.15, 0.2) is 54.0 Å².